The van der Waals surface area contributed by atoms with E-state index in [0.29, 0.717) is 11.6 Å². The van der Waals surface area contributed by atoms with Crippen LogP contribution in [0.4, 0.5) is 10.2 Å². The fourth-order valence-electron chi connectivity index (χ4n) is 1.86. The van der Waals surface area contributed by atoms with Gasteiger partial charge in [0.15, 0.2) is 12.4 Å². The molecule has 6 nitrogen and oxygen atoms in total. The first kappa shape index (κ1) is 16.1. The van der Waals surface area contributed by atoms with E-state index in [2.05, 4.69) is 31.3 Å². The molecule has 3 aromatic rings. The maximum Gasteiger partial charge on any atom is 0.277 e. The molecular weight excluding hydrogens is 379 g/mol. The molecule has 2 heterocycles. The Bertz CT molecular complexity index is 834. The number of aromatic nitrogens is 3. The van der Waals surface area contributed by atoms with Gasteiger partial charge >= 0.3 is 0 Å². The lowest BCUT2D eigenvalue weighted by Gasteiger charge is -2.06. The average Bonchev–Trinajstić information content (AvgIpc) is 3.06. The van der Waals surface area contributed by atoms with Gasteiger partial charge in [-0.3, -0.25) is 4.79 Å². The Morgan fingerprint density at radius 1 is 1.21 bits per heavy atom. The fraction of sp³-hybridized carbons (Fsp3) is 0.0625. The first-order valence-electron chi connectivity index (χ1n) is 6.95. The molecular formula is C16H12BrFN4O2. The van der Waals surface area contributed by atoms with E-state index in [4.69, 9.17) is 4.74 Å². The summed E-state index contributed by atoms with van der Waals surface area (Å²) in [6.45, 7) is 0.107. The van der Waals surface area contributed by atoms with Gasteiger partial charge in [-0.05, 0) is 58.4 Å². The molecule has 8 heteroatoms. The highest BCUT2D eigenvalue weighted by molar-refractivity contribution is 9.10. The molecule has 0 aliphatic heterocycles. The minimum absolute atomic E-state index is 0.107. The molecule has 0 radical (unpaired) electrons. The first-order chi connectivity index (χ1) is 11.6. The number of pyridine rings is 1. The van der Waals surface area contributed by atoms with Crippen molar-refractivity contribution in [2.75, 3.05) is 5.32 Å². The van der Waals surface area contributed by atoms with Crippen molar-refractivity contribution in [3.05, 3.63) is 70.8 Å². The SMILES string of the molecule is O=C(Nc1ccc(Br)cn1)c1ccn(COc2ccc(F)cc2)n1. The Balaban J connectivity index is 1.59. The lowest BCUT2D eigenvalue weighted by atomic mass is 10.3. The van der Waals surface area contributed by atoms with Crippen molar-refractivity contribution in [1.82, 2.24) is 14.8 Å². The van der Waals surface area contributed by atoms with Crippen molar-refractivity contribution in [1.29, 1.82) is 0 Å². The summed E-state index contributed by atoms with van der Waals surface area (Å²) < 4.78 is 20.6. The third-order valence-corrected chi connectivity index (χ3v) is 3.49. The number of ether oxygens (including phenoxy) is 1. The summed E-state index contributed by atoms with van der Waals surface area (Å²) in [5, 5.41) is 6.77. The Morgan fingerprint density at radius 3 is 2.71 bits per heavy atom. The van der Waals surface area contributed by atoms with Gasteiger partial charge in [0, 0.05) is 16.9 Å². The van der Waals surface area contributed by atoms with E-state index in [9.17, 15) is 9.18 Å². The van der Waals surface area contributed by atoms with Crippen LogP contribution < -0.4 is 10.1 Å². The summed E-state index contributed by atoms with van der Waals surface area (Å²) in [7, 11) is 0. The van der Waals surface area contributed by atoms with E-state index in [-0.39, 0.29) is 24.1 Å². The van der Waals surface area contributed by atoms with Gasteiger partial charge < -0.3 is 10.1 Å². The molecule has 0 aliphatic carbocycles. The van der Waals surface area contributed by atoms with E-state index >= 15 is 0 Å². The van der Waals surface area contributed by atoms with Crippen LogP contribution in [0, 0.1) is 5.82 Å². The largest absolute Gasteiger partial charge is 0.471 e. The molecule has 0 saturated heterocycles. The quantitative estimate of drug-likeness (QED) is 0.723. The first-order valence-corrected chi connectivity index (χ1v) is 7.74. The van der Waals surface area contributed by atoms with Crippen LogP contribution in [0.2, 0.25) is 0 Å². The van der Waals surface area contributed by atoms with E-state index < -0.39 is 0 Å². The highest BCUT2D eigenvalue weighted by Gasteiger charge is 2.10. The minimum atomic E-state index is -0.370. The lowest BCUT2D eigenvalue weighted by Crippen LogP contribution is -2.15. The molecule has 2 aromatic heterocycles. The van der Waals surface area contributed by atoms with Crippen LogP contribution in [0.3, 0.4) is 0 Å². The zero-order valence-electron chi connectivity index (χ0n) is 12.3. The van der Waals surface area contributed by atoms with E-state index in [1.165, 1.54) is 28.9 Å². The summed E-state index contributed by atoms with van der Waals surface area (Å²) in [6.07, 6.45) is 3.21. The van der Waals surface area contributed by atoms with Gasteiger partial charge in [0.2, 0.25) is 0 Å². The Kier molecular flexibility index (Phi) is 4.85. The van der Waals surface area contributed by atoms with E-state index in [1.807, 2.05) is 0 Å². The van der Waals surface area contributed by atoms with Crippen molar-refractivity contribution < 1.29 is 13.9 Å². The molecule has 0 fully saturated rings. The molecule has 3 rings (SSSR count). The van der Waals surface area contributed by atoms with Crippen molar-refractivity contribution in [2.24, 2.45) is 0 Å². The monoisotopic (exact) mass is 390 g/mol. The third kappa shape index (κ3) is 4.17. The molecule has 0 unspecified atom stereocenters. The zero-order valence-corrected chi connectivity index (χ0v) is 13.9. The van der Waals surface area contributed by atoms with E-state index in [1.54, 1.807) is 30.6 Å². The smallest absolute Gasteiger partial charge is 0.277 e. The third-order valence-electron chi connectivity index (χ3n) is 3.02. The van der Waals surface area contributed by atoms with Gasteiger partial charge in [-0.25, -0.2) is 14.1 Å². The second-order valence-corrected chi connectivity index (χ2v) is 5.70. The number of amides is 1. The van der Waals surface area contributed by atoms with Gasteiger partial charge in [0.1, 0.15) is 17.4 Å². The molecule has 122 valence electrons. The van der Waals surface area contributed by atoms with Crippen LogP contribution in [0.5, 0.6) is 5.75 Å². The van der Waals surface area contributed by atoms with Crippen LogP contribution in [-0.2, 0) is 6.73 Å². The van der Waals surface area contributed by atoms with Crippen molar-refractivity contribution in [3.63, 3.8) is 0 Å². The van der Waals surface area contributed by atoms with Crippen molar-refractivity contribution in [2.45, 2.75) is 6.73 Å². The van der Waals surface area contributed by atoms with Gasteiger partial charge in [-0.15, -0.1) is 0 Å². The van der Waals surface area contributed by atoms with Crippen LogP contribution in [-0.4, -0.2) is 20.7 Å². The number of benzene rings is 1. The minimum Gasteiger partial charge on any atom is -0.471 e. The molecule has 24 heavy (non-hydrogen) atoms. The number of rotatable bonds is 5. The molecule has 0 spiro atoms. The number of carbonyl (C=O) groups is 1. The van der Waals surface area contributed by atoms with Crippen molar-refractivity contribution >= 4 is 27.7 Å². The van der Waals surface area contributed by atoms with Crippen LogP contribution in [0.1, 0.15) is 10.5 Å². The van der Waals surface area contributed by atoms with Gasteiger partial charge in [-0.2, -0.15) is 5.10 Å². The summed E-state index contributed by atoms with van der Waals surface area (Å²) >= 11 is 3.27. The molecule has 1 amide bonds. The van der Waals surface area contributed by atoms with E-state index in [0.717, 1.165) is 4.47 Å². The predicted molar refractivity (Wildman–Crippen MR) is 89.1 cm³/mol. The second-order valence-electron chi connectivity index (χ2n) is 4.78. The summed E-state index contributed by atoms with van der Waals surface area (Å²) in [4.78, 5) is 16.2. The number of hydrogen-bond acceptors (Lipinski definition) is 4. The molecule has 0 atom stereocenters. The summed E-state index contributed by atoms with van der Waals surface area (Å²) in [5.41, 5.74) is 0.238. The highest BCUT2D eigenvalue weighted by atomic mass is 79.9. The number of hydrogen-bond donors (Lipinski definition) is 1. The zero-order chi connectivity index (χ0) is 16.9. The second kappa shape index (κ2) is 7.22. The van der Waals surface area contributed by atoms with Gasteiger partial charge in [0.05, 0.1) is 0 Å². The normalized spacial score (nSPS) is 10.4. The average molecular weight is 391 g/mol. The predicted octanol–water partition coefficient (Wildman–Crippen LogP) is 3.47. The molecule has 0 saturated carbocycles. The molecule has 1 N–H and O–H groups in total. The number of anilines is 1. The maximum atomic E-state index is 12.8. The molecule has 0 bridgehead atoms. The number of halogens is 2. The van der Waals surface area contributed by atoms with Crippen molar-refractivity contribution in [3.8, 4) is 5.75 Å². The number of carbonyl (C=O) groups excluding carboxylic acids is 1. The Hall–Kier alpha value is -2.74. The topological polar surface area (TPSA) is 69.0 Å². The summed E-state index contributed by atoms with van der Waals surface area (Å²) in [6, 6.07) is 10.7. The lowest BCUT2D eigenvalue weighted by molar-refractivity contribution is 0.102. The van der Waals surface area contributed by atoms with Gasteiger partial charge in [-0.1, -0.05) is 0 Å². The molecule has 0 aliphatic rings. The highest BCUT2D eigenvalue weighted by Crippen LogP contribution is 2.13. The Labute approximate surface area is 145 Å². The van der Waals surface area contributed by atoms with Crippen LogP contribution >= 0.6 is 15.9 Å². The summed E-state index contributed by atoms with van der Waals surface area (Å²) in [5.74, 6) is 0.240. The molecule has 1 aromatic carbocycles. The Morgan fingerprint density at radius 2 is 2.00 bits per heavy atom. The fourth-order valence-corrected chi connectivity index (χ4v) is 2.09. The maximum absolute atomic E-state index is 12.8. The van der Waals surface area contributed by atoms with Crippen LogP contribution in [0.15, 0.2) is 59.3 Å². The van der Waals surface area contributed by atoms with Crippen LogP contribution in [0.25, 0.3) is 0 Å². The van der Waals surface area contributed by atoms with Gasteiger partial charge in [0.25, 0.3) is 5.91 Å². The standard InChI is InChI=1S/C16H12BrFN4O2/c17-11-1-6-15(19-9-11)20-16(23)14-7-8-22(21-14)10-24-13-4-2-12(18)3-5-13/h1-9H,10H2,(H,19,20,23). The number of nitrogens with zero attached hydrogens (tertiary/aromatic N) is 3. The number of nitrogens with one attached hydrogen (secondary N) is 1.